The number of unbranched alkanes of at least 4 members (excludes halogenated alkanes) is 4. The van der Waals surface area contributed by atoms with Crippen molar-refractivity contribution in [1.82, 2.24) is 19.4 Å². The molecule has 0 bridgehead atoms. The van der Waals surface area contributed by atoms with Gasteiger partial charge in [0, 0.05) is 56.2 Å². The fourth-order valence-corrected chi connectivity index (χ4v) is 5.88. The Kier molecular flexibility index (Phi) is 11.7. The Bertz CT molecular complexity index is 1320. The number of pyridine rings is 1. The minimum Gasteiger partial charge on any atom is -0.496 e. The molecule has 3 heterocycles. The lowest BCUT2D eigenvalue weighted by atomic mass is 10.0. The molecule has 0 spiro atoms. The summed E-state index contributed by atoms with van der Waals surface area (Å²) in [6.07, 6.45) is 13.4. The number of fused-ring (bicyclic) bond motifs is 1. The lowest BCUT2D eigenvalue weighted by molar-refractivity contribution is -0.131. The number of anilines is 1. The van der Waals surface area contributed by atoms with Gasteiger partial charge in [-0.05, 0) is 73.6 Å². The van der Waals surface area contributed by atoms with Crippen LogP contribution >= 0.6 is 0 Å². The average molecular weight is 576 g/mol. The molecule has 8 heteroatoms. The zero-order valence-corrected chi connectivity index (χ0v) is 26.1. The molecular formula is C34H49N5O3. The lowest BCUT2D eigenvalue weighted by Gasteiger charge is -2.36. The summed E-state index contributed by atoms with van der Waals surface area (Å²) in [6.45, 7) is 10.2. The SMILES string of the molecule is CCCCCCc1cc(N2CCCN(Cc3ccnc4c3ccn4CC(=O)N(CCC)CCCC)C2=O)ccc1OC. The fraction of sp³-hybridized carbons (Fsp3) is 0.559. The number of amides is 3. The number of rotatable bonds is 16. The quantitative estimate of drug-likeness (QED) is 0.172. The van der Waals surface area contributed by atoms with E-state index in [1.807, 2.05) is 49.7 Å². The first kappa shape index (κ1) is 31.4. The van der Waals surface area contributed by atoms with E-state index < -0.39 is 0 Å². The second-order valence-corrected chi connectivity index (χ2v) is 11.4. The van der Waals surface area contributed by atoms with Crippen LogP contribution in [0.15, 0.2) is 42.7 Å². The number of hydrogen-bond donors (Lipinski definition) is 0. The molecule has 3 amide bonds. The Labute approximate surface area is 251 Å². The predicted octanol–water partition coefficient (Wildman–Crippen LogP) is 7.04. The standard InChI is InChI=1S/C34H49N5O3/c1-5-8-10-11-13-27-24-29(14-15-31(27)42-4)39-22-12-21-38(34(39)41)25-28-16-18-35-33-30(28)17-23-37(33)26-32(40)36(19-7-3)20-9-6-2/h14-18,23-24H,5-13,19-22,25-26H2,1-4H3. The number of urea groups is 1. The molecule has 1 aromatic carbocycles. The molecule has 0 N–H and O–H groups in total. The average Bonchev–Trinajstić information content (AvgIpc) is 3.41. The van der Waals surface area contributed by atoms with Crippen molar-refractivity contribution in [3.05, 3.63) is 53.9 Å². The summed E-state index contributed by atoms with van der Waals surface area (Å²) in [5.74, 6) is 1.02. The Morgan fingerprint density at radius 1 is 0.952 bits per heavy atom. The summed E-state index contributed by atoms with van der Waals surface area (Å²) in [5.41, 5.74) is 3.93. The van der Waals surface area contributed by atoms with Crippen molar-refractivity contribution < 1.29 is 14.3 Å². The van der Waals surface area contributed by atoms with Gasteiger partial charge in [0.05, 0.1) is 7.11 Å². The van der Waals surface area contributed by atoms with Gasteiger partial charge in [0.2, 0.25) is 5.91 Å². The van der Waals surface area contributed by atoms with Crippen molar-refractivity contribution >= 4 is 28.7 Å². The molecule has 1 aliphatic rings. The van der Waals surface area contributed by atoms with Crippen LogP contribution in [-0.4, -0.2) is 64.6 Å². The highest BCUT2D eigenvalue weighted by atomic mass is 16.5. The maximum absolute atomic E-state index is 13.8. The van der Waals surface area contributed by atoms with Crippen molar-refractivity contribution in [1.29, 1.82) is 0 Å². The summed E-state index contributed by atoms with van der Waals surface area (Å²) in [7, 11) is 1.71. The molecule has 1 aliphatic heterocycles. The van der Waals surface area contributed by atoms with E-state index in [4.69, 9.17) is 4.74 Å². The number of carbonyl (C=O) groups is 2. The molecule has 1 saturated heterocycles. The van der Waals surface area contributed by atoms with E-state index in [2.05, 4.69) is 31.8 Å². The highest BCUT2D eigenvalue weighted by Gasteiger charge is 2.28. The van der Waals surface area contributed by atoms with Gasteiger partial charge in [0.1, 0.15) is 17.9 Å². The van der Waals surface area contributed by atoms with Gasteiger partial charge in [-0.25, -0.2) is 9.78 Å². The number of benzene rings is 1. The summed E-state index contributed by atoms with van der Waals surface area (Å²) in [6, 6.07) is 10.2. The van der Waals surface area contributed by atoms with E-state index in [-0.39, 0.29) is 18.5 Å². The molecule has 2 aromatic heterocycles. The second kappa shape index (κ2) is 15.6. The van der Waals surface area contributed by atoms with Crippen LogP contribution in [0.3, 0.4) is 0 Å². The molecule has 42 heavy (non-hydrogen) atoms. The van der Waals surface area contributed by atoms with Crippen LogP contribution in [0.5, 0.6) is 5.75 Å². The van der Waals surface area contributed by atoms with Crippen molar-refractivity contribution in [3.8, 4) is 5.75 Å². The molecular weight excluding hydrogens is 526 g/mol. The van der Waals surface area contributed by atoms with E-state index >= 15 is 0 Å². The van der Waals surface area contributed by atoms with Gasteiger partial charge in [-0.15, -0.1) is 0 Å². The topological polar surface area (TPSA) is 70.9 Å². The van der Waals surface area contributed by atoms with E-state index in [1.54, 1.807) is 13.3 Å². The van der Waals surface area contributed by atoms with Crippen LogP contribution in [0, 0.1) is 0 Å². The van der Waals surface area contributed by atoms with Crippen molar-refractivity contribution in [2.45, 2.75) is 91.6 Å². The third-order valence-corrected chi connectivity index (χ3v) is 8.23. The molecule has 8 nitrogen and oxygen atoms in total. The number of aryl methyl sites for hydroxylation is 1. The normalized spacial score (nSPS) is 13.7. The number of carbonyl (C=O) groups excluding carboxylic acids is 2. The summed E-state index contributed by atoms with van der Waals surface area (Å²) < 4.78 is 7.58. The zero-order valence-electron chi connectivity index (χ0n) is 26.1. The van der Waals surface area contributed by atoms with Gasteiger partial charge in [0.15, 0.2) is 0 Å². The van der Waals surface area contributed by atoms with E-state index in [0.717, 1.165) is 85.2 Å². The molecule has 4 rings (SSSR count). The maximum atomic E-state index is 13.8. The summed E-state index contributed by atoms with van der Waals surface area (Å²) >= 11 is 0. The summed E-state index contributed by atoms with van der Waals surface area (Å²) in [5, 5.41) is 0.990. The minimum atomic E-state index is 0.0223. The molecule has 3 aromatic rings. The number of methoxy groups -OCH3 is 1. The van der Waals surface area contributed by atoms with Gasteiger partial charge in [-0.1, -0.05) is 46.5 Å². The molecule has 228 valence electrons. The van der Waals surface area contributed by atoms with Crippen LogP contribution in [0.2, 0.25) is 0 Å². The third kappa shape index (κ3) is 7.64. The smallest absolute Gasteiger partial charge is 0.324 e. The van der Waals surface area contributed by atoms with Crippen molar-refractivity contribution in [2.75, 3.05) is 38.2 Å². The number of hydrogen-bond acceptors (Lipinski definition) is 4. The highest BCUT2D eigenvalue weighted by Crippen LogP contribution is 2.30. The Morgan fingerprint density at radius 3 is 2.55 bits per heavy atom. The Morgan fingerprint density at radius 2 is 1.79 bits per heavy atom. The van der Waals surface area contributed by atoms with E-state index in [9.17, 15) is 9.59 Å². The van der Waals surface area contributed by atoms with Gasteiger partial charge < -0.3 is 19.1 Å². The van der Waals surface area contributed by atoms with Gasteiger partial charge in [0.25, 0.3) is 0 Å². The molecule has 0 aliphatic carbocycles. The minimum absolute atomic E-state index is 0.0223. The molecule has 0 unspecified atom stereocenters. The van der Waals surface area contributed by atoms with Crippen molar-refractivity contribution in [2.24, 2.45) is 0 Å². The zero-order chi connectivity index (χ0) is 29.9. The largest absolute Gasteiger partial charge is 0.496 e. The lowest BCUT2D eigenvalue weighted by Crippen LogP contribution is -2.49. The van der Waals surface area contributed by atoms with Crippen LogP contribution in [0.4, 0.5) is 10.5 Å². The van der Waals surface area contributed by atoms with Gasteiger partial charge >= 0.3 is 6.03 Å². The first-order valence-corrected chi connectivity index (χ1v) is 15.9. The van der Waals surface area contributed by atoms with Crippen LogP contribution in [0.25, 0.3) is 11.0 Å². The fourth-order valence-electron chi connectivity index (χ4n) is 5.88. The van der Waals surface area contributed by atoms with Gasteiger partial charge in [-0.2, -0.15) is 0 Å². The molecule has 1 fully saturated rings. The first-order valence-electron chi connectivity index (χ1n) is 15.9. The number of ether oxygens (including phenoxy) is 1. The molecule has 0 radical (unpaired) electrons. The molecule has 0 atom stereocenters. The van der Waals surface area contributed by atoms with Crippen molar-refractivity contribution in [3.63, 3.8) is 0 Å². The Hall–Kier alpha value is -3.55. The monoisotopic (exact) mass is 575 g/mol. The highest BCUT2D eigenvalue weighted by molar-refractivity contribution is 5.93. The maximum Gasteiger partial charge on any atom is 0.324 e. The van der Waals surface area contributed by atoms with Crippen LogP contribution in [-0.2, 0) is 24.3 Å². The summed E-state index contributed by atoms with van der Waals surface area (Å²) in [4.78, 5) is 37.3. The van der Waals surface area contributed by atoms with Crippen LogP contribution in [0.1, 0.15) is 83.3 Å². The Balaban J connectivity index is 1.48. The number of aromatic nitrogens is 2. The van der Waals surface area contributed by atoms with Crippen LogP contribution < -0.4 is 9.64 Å². The third-order valence-electron chi connectivity index (χ3n) is 8.23. The van der Waals surface area contributed by atoms with E-state index in [0.29, 0.717) is 19.6 Å². The van der Waals surface area contributed by atoms with Gasteiger partial charge in [-0.3, -0.25) is 9.69 Å². The molecule has 0 saturated carbocycles. The number of nitrogens with zero attached hydrogens (tertiary/aromatic N) is 5. The second-order valence-electron chi connectivity index (χ2n) is 11.4. The predicted molar refractivity (Wildman–Crippen MR) is 170 cm³/mol. The van der Waals surface area contributed by atoms with E-state index in [1.165, 1.54) is 19.3 Å². The first-order chi connectivity index (χ1) is 20.5.